The van der Waals surface area contributed by atoms with Crippen molar-refractivity contribution in [2.24, 2.45) is 5.73 Å². The molecular weight excluding hydrogens is 332 g/mol. The van der Waals surface area contributed by atoms with E-state index in [1.807, 2.05) is 0 Å². The molecule has 0 radical (unpaired) electrons. The molecular formula is C12H13Cl4NO2. The number of unbranched alkanes of at least 4 members (excludes halogenated alkanes) is 1. The lowest BCUT2D eigenvalue weighted by molar-refractivity contribution is -0.137. The van der Waals surface area contributed by atoms with Gasteiger partial charge in [0.05, 0.1) is 15.1 Å². The van der Waals surface area contributed by atoms with Crippen LogP contribution in [0.4, 0.5) is 0 Å². The van der Waals surface area contributed by atoms with Gasteiger partial charge in [0, 0.05) is 23.0 Å². The summed E-state index contributed by atoms with van der Waals surface area (Å²) < 4.78 is 0. The SMILES string of the molecule is NC(CCCCC(=O)O)c1c(Cl)cc(Cl)c(Cl)c1Cl. The van der Waals surface area contributed by atoms with Crippen molar-refractivity contribution < 1.29 is 9.90 Å². The number of rotatable bonds is 6. The molecule has 0 fully saturated rings. The number of aliphatic carboxylic acids is 1. The fourth-order valence-electron chi connectivity index (χ4n) is 1.70. The average molecular weight is 345 g/mol. The Hall–Kier alpha value is -0.190. The molecule has 0 aliphatic heterocycles. The molecule has 106 valence electrons. The second-order valence-electron chi connectivity index (χ2n) is 4.13. The summed E-state index contributed by atoms with van der Waals surface area (Å²) in [7, 11) is 0. The van der Waals surface area contributed by atoms with Crippen LogP contribution in [-0.2, 0) is 4.79 Å². The van der Waals surface area contributed by atoms with Gasteiger partial charge >= 0.3 is 5.97 Å². The van der Waals surface area contributed by atoms with E-state index in [4.69, 9.17) is 57.2 Å². The Balaban J connectivity index is 2.74. The van der Waals surface area contributed by atoms with Crippen LogP contribution in [0, 0.1) is 0 Å². The normalized spacial score (nSPS) is 12.5. The molecule has 0 heterocycles. The first-order chi connectivity index (χ1) is 8.84. The van der Waals surface area contributed by atoms with E-state index in [2.05, 4.69) is 0 Å². The molecule has 3 N–H and O–H groups in total. The van der Waals surface area contributed by atoms with Crippen molar-refractivity contribution >= 4 is 52.4 Å². The summed E-state index contributed by atoms with van der Waals surface area (Å²) in [5.74, 6) is -0.820. The Kier molecular flexibility index (Phi) is 6.71. The lowest BCUT2D eigenvalue weighted by Crippen LogP contribution is -2.12. The molecule has 19 heavy (non-hydrogen) atoms. The van der Waals surface area contributed by atoms with Gasteiger partial charge in [0.15, 0.2) is 0 Å². The topological polar surface area (TPSA) is 63.3 Å². The van der Waals surface area contributed by atoms with Crippen LogP contribution in [-0.4, -0.2) is 11.1 Å². The van der Waals surface area contributed by atoms with Gasteiger partial charge in [0.25, 0.3) is 0 Å². The van der Waals surface area contributed by atoms with Crippen LogP contribution < -0.4 is 5.73 Å². The van der Waals surface area contributed by atoms with E-state index < -0.39 is 12.0 Å². The summed E-state index contributed by atoms with van der Waals surface area (Å²) in [6, 6.07) is 1.10. The minimum absolute atomic E-state index is 0.121. The molecule has 0 amide bonds. The van der Waals surface area contributed by atoms with Crippen molar-refractivity contribution in [3.63, 3.8) is 0 Å². The molecule has 0 aliphatic rings. The fourth-order valence-corrected chi connectivity index (χ4v) is 2.91. The Morgan fingerprint density at radius 3 is 2.37 bits per heavy atom. The number of carboxylic acids is 1. The highest BCUT2D eigenvalue weighted by Crippen LogP contribution is 2.40. The molecule has 1 aromatic rings. The molecule has 1 atom stereocenters. The lowest BCUT2D eigenvalue weighted by atomic mass is 10.0. The average Bonchev–Trinajstić information content (AvgIpc) is 2.31. The number of carbonyl (C=O) groups is 1. The van der Waals surface area contributed by atoms with Crippen molar-refractivity contribution in [1.29, 1.82) is 0 Å². The van der Waals surface area contributed by atoms with Crippen LogP contribution in [0.1, 0.15) is 37.3 Å². The van der Waals surface area contributed by atoms with Crippen molar-refractivity contribution in [1.82, 2.24) is 0 Å². The van der Waals surface area contributed by atoms with Crippen LogP contribution in [0.15, 0.2) is 6.07 Å². The first kappa shape index (κ1) is 16.9. The molecule has 0 aromatic heterocycles. The van der Waals surface area contributed by atoms with Gasteiger partial charge in [-0.15, -0.1) is 0 Å². The third kappa shape index (κ3) is 4.69. The van der Waals surface area contributed by atoms with E-state index in [0.717, 1.165) is 0 Å². The summed E-state index contributed by atoms with van der Waals surface area (Å²) >= 11 is 23.9. The van der Waals surface area contributed by atoms with Crippen LogP contribution in [0.5, 0.6) is 0 Å². The predicted octanol–water partition coefficient (Wildman–Crippen LogP) is 4.95. The summed E-state index contributed by atoms with van der Waals surface area (Å²) in [4.78, 5) is 10.4. The van der Waals surface area contributed by atoms with E-state index >= 15 is 0 Å². The van der Waals surface area contributed by atoms with Crippen LogP contribution in [0.25, 0.3) is 0 Å². The van der Waals surface area contributed by atoms with Crippen molar-refractivity contribution in [3.8, 4) is 0 Å². The monoisotopic (exact) mass is 343 g/mol. The summed E-state index contributed by atoms with van der Waals surface area (Å²) in [5, 5.41) is 9.67. The van der Waals surface area contributed by atoms with Gasteiger partial charge < -0.3 is 10.8 Å². The van der Waals surface area contributed by atoms with E-state index in [1.165, 1.54) is 6.07 Å². The number of halogens is 4. The molecule has 0 spiro atoms. The Morgan fingerprint density at radius 1 is 1.16 bits per heavy atom. The Morgan fingerprint density at radius 2 is 1.79 bits per heavy atom. The van der Waals surface area contributed by atoms with Gasteiger partial charge in [-0.2, -0.15) is 0 Å². The van der Waals surface area contributed by atoms with Crippen molar-refractivity contribution in [2.75, 3.05) is 0 Å². The molecule has 0 aliphatic carbocycles. The predicted molar refractivity (Wildman–Crippen MR) is 79.5 cm³/mol. The highest BCUT2D eigenvalue weighted by Gasteiger charge is 2.19. The summed E-state index contributed by atoms with van der Waals surface area (Å²) in [6.45, 7) is 0. The maximum atomic E-state index is 10.4. The zero-order valence-corrected chi connectivity index (χ0v) is 13.0. The fraction of sp³-hybridized carbons (Fsp3) is 0.417. The van der Waals surface area contributed by atoms with Crippen LogP contribution >= 0.6 is 46.4 Å². The molecule has 0 saturated heterocycles. The van der Waals surface area contributed by atoms with Gasteiger partial charge in [0.2, 0.25) is 0 Å². The molecule has 0 bridgehead atoms. The van der Waals surface area contributed by atoms with Gasteiger partial charge in [-0.05, 0) is 18.9 Å². The number of hydrogen-bond donors (Lipinski definition) is 2. The Labute approximate surface area is 131 Å². The Bertz CT molecular complexity index is 479. The first-order valence-electron chi connectivity index (χ1n) is 5.64. The van der Waals surface area contributed by atoms with E-state index in [9.17, 15) is 4.79 Å². The molecule has 3 nitrogen and oxygen atoms in total. The number of hydrogen-bond acceptors (Lipinski definition) is 2. The standard InChI is InChI=1S/C12H13Cl4NO2/c13-6-5-7(14)11(15)12(16)10(6)8(17)3-1-2-4-9(18)19/h5,8H,1-4,17H2,(H,18,19). The smallest absolute Gasteiger partial charge is 0.303 e. The second-order valence-corrected chi connectivity index (χ2v) is 5.70. The van der Waals surface area contributed by atoms with Crippen LogP contribution in [0.2, 0.25) is 20.1 Å². The molecule has 1 rings (SSSR count). The van der Waals surface area contributed by atoms with Gasteiger partial charge in [-0.25, -0.2) is 0 Å². The first-order valence-corrected chi connectivity index (χ1v) is 7.16. The number of nitrogens with two attached hydrogens (primary N) is 1. The summed E-state index contributed by atoms with van der Waals surface area (Å²) in [5.41, 5.74) is 6.56. The third-order valence-electron chi connectivity index (χ3n) is 2.68. The van der Waals surface area contributed by atoms with E-state index in [0.29, 0.717) is 29.8 Å². The lowest BCUT2D eigenvalue weighted by Gasteiger charge is -2.17. The maximum absolute atomic E-state index is 10.4. The third-order valence-corrected chi connectivity index (χ3v) is 4.27. The molecule has 0 saturated carbocycles. The van der Waals surface area contributed by atoms with Crippen molar-refractivity contribution in [3.05, 3.63) is 31.7 Å². The van der Waals surface area contributed by atoms with Gasteiger partial charge in [-0.3, -0.25) is 4.79 Å². The van der Waals surface area contributed by atoms with E-state index in [1.54, 1.807) is 0 Å². The largest absolute Gasteiger partial charge is 0.481 e. The minimum atomic E-state index is -0.820. The zero-order chi connectivity index (χ0) is 14.6. The minimum Gasteiger partial charge on any atom is -0.481 e. The second kappa shape index (κ2) is 7.55. The zero-order valence-electron chi connectivity index (χ0n) is 9.93. The van der Waals surface area contributed by atoms with E-state index in [-0.39, 0.29) is 21.5 Å². The highest BCUT2D eigenvalue weighted by atomic mass is 35.5. The highest BCUT2D eigenvalue weighted by molar-refractivity contribution is 6.49. The number of carboxylic acid groups (broad SMARTS) is 1. The van der Waals surface area contributed by atoms with Crippen LogP contribution in [0.3, 0.4) is 0 Å². The van der Waals surface area contributed by atoms with Gasteiger partial charge in [-0.1, -0.05) is 52.8 Å². The molecule has 7 heteroatoms. The maximum Gasteiger partial charge on any atom is 0.303 e. The molecule has 1 aromatic carbocycles. The van der Waals surface area contributed by atoms with Crippen molar-refractivity contribution in [2.45, 2.75) is 31.7 Å². The number of benzene rings is 1. The quantitative estimate of drug-likeness (QED) is 0.436. The van der Waals surface area contributed by atoms with Gasteiger partial charge in [0.1, 0.15) is 0 Å². The summed E-state index contributed by atoms with van der Waals surface area (Å²) in [6.07, 6.45) is 1.92. The molecule has 1 unspecified atom stereocenters.